The third-order valence-electron chi connectivity index (χ3n) is 3.14. The summed E-state index contributed by atoms with van der Waals surface area (Å²) in [6.45, 7) is 0. The van der Waals surface area contributed by atoms with E-state index >= 15 is 0 Å². The highest BCUT2D eigenvalue weighted by Gasteiger charge is 2.11. The number of hydrogen-bond donors (Lipinski definition) is 1. The summed E-state index contributed by atoms with van der Waals surface area (Å²) in [5.41, 5.74) is 1.63. The zero-order chi connectivity index (χ0) is 15.8. The van der Waals surface area contributed by atoms with Gasteiger partial charge in [-0.3, -0.25) is 0 Å². The summed E-state index contributed by atoms with van der Waals surface area (Å²) in [6, 6.07) is 6.06. The van der Waals surface area contributed by atoms with Crippen molar-refractivity contribution in [1.82, 2.24) is 15.0 Å². The van der Waals surface area contributed by atoms with Crippen molar-refractivity contribution in [2.24, 2.45) is 0 Å². The zero-order valence-corrected chi connectivity index (χ0v) is 13.2. The lowest BCUT2D eigenvalue weighted by Gasteiger charge is -1.92. The van der Waals surface area contributed by atoms with Gasteiger partial charge in [0.2, 0.25) is 5.89 Å². The van der Waals surface area contributed by atoms with Crippen molar-refractivity contribution in [2.45, 2.75) is 10.9 Å². The van der Waals surface area contributed by atoms with Gasteiger partial charge in [-0.2, -0.15) is 0 Å². The highest BCUT2D eigenvalue weighted by Crippen LogP contribution is 2.27. The summed E-state index contributed by atoms with van der Waals surface area (Å²) in [6.07, 6.45) is 1.60. The number of aromatic amines is 1. The average Bonchev–Trinajstić information content (AvgIpc) is 3.25. The molecule has 4 nitrogen and oxygen atoms in total. The summed E-state index contributed by atoms with van der Waals surface area (Å²) in [4.78, 5) is 12.6. The zero-order valence-electron chi connectivity index (χ0n) is 11.5. The number of rotatable bonds is 4. The van der Waals surface area contributed by atoms with Crippen LogP contribution < -0.4 is 0 Å². The lowest BCUT2D eigenvalue weighted by molar-refractivity contribution is 0.510. The monoisotopic (exact) mass is 349 g/mol. The molecule has 0 spiro atoms. The largest absolute Gasteiger partial charge is 0.444 e. The second kappa shape index (κ2) is 5.78. The van der Waals surface area contributed by atoms with Gasteiger partial charge in [0.25, 0.3) is 0 Å². The second-order valence-electron chi connectivity index (χ2n) is 4.74. The first-order valence-corrected chi connectivity index (χ1v) is 8.51. The molecule has 4 rings (SSSR count). The van der Waals surface area contributed by atoms with E-state index in [9.17, 15) is 8.78 Å². The summed E-state index contributed by atoms with van der Waals surface area (Å²) in [7, 11) is 0. The van der Waals surface area contributed by atoms with Gasteiger partial charge >= 0.3 is 0 Å². The summed E-state index contributed by atoms with van der Waals surface area (Å²) in [5.74, 6) is -0.670. The van der Waals surface area contributed by atoms with E-state index in [-0.39, 0.29) is 0 Å². The van der Waals surface area contributed by atoms with Crippen molar-refractivity contribution in [1.29, 1.82) is 0 Å². The first-order valence-electron chi connectivity index (χ1n) is 6.65. The Hall–Kier alpha value is -2.19. The van der Waals surface area contributed by atoms with E-state index in [1.807, 2.05) is 17.5 Å². The minimum absolute atomic E-state index is 0.394. The molecule has 1 aromatic carbocycles. The van der Waals surface area contributed by atoms with Crippen molar-refractivity contribution in [3.63, 3.8) is 0 Å². The minimum Gasteiger partial charge on any atom is -0.444 e. The quantitative estimate of drug-likeness (QED) is 0.535. The molecule has 116 valence electrons. The molecule has 23 heavy (non-hydrogen) atoms. The highest BCUT2D eigenvalue weighted by molar-refractivity contribution is 7.98. The number of thioether (sulfide) groups is 1. The molecule has 8 heteroatoms. The van der Waals surface area contributed by atoms with E-state index < -0.39 is 11.6 Å². The molecule has 0 aliphatic carbocycles. The van der Waals surface area contributed by atoms with E-state index in [0.717, 1.165) is 22.7 Å². The van der Waals surface area contributed by atoms with Crippen LogP contribution in [0.5, 0.6) is 0 Å². The maximum atomic E-state index is 13.2. The van der Waals surface area contributed by atoms with Gasteiger partial charge in [-0.15, -0.1) is 11.3 Å². The third-order valence-corrected chi connectivity index (χ3v) is 4.91. The van der Waals surface area contributed by atoms with Gasteiger partial charge in [0.05, 0.1) is 21.6 Å². The van der Waals surface area contributed by atoms with Crippen LogP contribution in [0.3, 0.4) is 0 Å². The molecule has 0 amide bonds. The fraction of sp³-hybridized carbons (Fsp3) is 0.0667. The number of hydrogen-bond acceptors (Lipinski definition) is 5. The SMILES string of the molecule is Fc1cc2nc(SCc3coc(-c4cccs4)n3)[nH]c2cc1F. The molecule has 0 saturated carbocycles. The van der Waals surface area contributed by atoms with Crippen LogP contribution in [0, 0.1) is 11.6 Å². The molecule has 0 fully saturated rings. The molecular formula is C15H9F2N3OS2. The van der Waals surface area contributed by atoms with Crippen molar-refractivity contribution < 1.29 is 13.2 Å². The Kier molecular flexibility index (Phi) is 3.62. The summed E-state index contributed by atoms with van der Waals surface area (Å²) < 4.78 is 31.8. The highest BCUT2D eigenvalue weighted by atomic mass is 32.2. The molecule has 0 aliphatic rings. The number of nitrogens with zero attached hydrogens (tertiary/aromatic N) is 2. The fourth-order valence-electron chi connectivity index (χ4n) is 2.08. The van der Waals surface area contributed by atoms with Crippen LogP contribution in [0.4, 0.5) is 8.78 Å². The number of nitrogens with one attached hydrogen (secondary N) is 1. The van der Waals surface area contributed by atoms with Crippen molar-refractivity contribution in [3.8, 4) is 10.8 Å². The van der Waals surface area contributed by atoms with Gasteiger partial charge in [0, 0.05) is 17.9 Å². The van der Waals surface area contributed by atoms with Crippen molar-refractivity contribution in [2.75, 3.05) is 0 Å². The van der Waals surface area contributed by atoms with Crippen LogP contribution in [0.2, 0.25) is 0 Å². The summed E-state index contributed by atoms with van der Waals surface area (Å²) in [5, 5.41) is 2.53. The predicted molar refractivity (Wildman–Crippen MR) is 85.4 cm³/mol. The van der Waals surface area contributed by atoms with E-state index in [0.29, 0.717) is 27.8 Å². The van der Waals surface area contributed by atoms with Crippen LogP contribution in [-0.4, -0.2) is 15.0 Å². The number of imidazole rings is 1. The maximum absolute atomic E-state index is 13.2. The van der Waals surface area contributed by atoms with Crippen LogP contribution in [0.1, 0.15) is 5.69 Å². The number of H-pyrrole nitrogens is 1. The molecule has 0 bridgehead atoms. The maximum Gasteiger partial charge on any atom is 0.236 e. The third kappa shape index (κ3) is 2.87. The number of aromatic nitrogens is 3. The molecule has 3 aromatic heterocycles. The molecular weight excluding hydrogens is 340 g/mol. The molecule has 0 atom stereocenters. The number of benzene rings is 1. The Morgan fingerprint density at radius 1 is 1.22 bits per heavy atom. The van der Waals surface area contributed by atoms with Gasteiger partial charge in [0.1, 0.15) is 6.26 Å². The number of oxazole rings is 1. The first-order chi connectivity index (χ1) is 11.2. The van der Waals surface area contributed by atoms with Crippen molar-refractivity contribution >= 4 is 34.1 Å². The van der Waals surface area contributed by atoms with Crippen LogP contribution in [-0.2, 0) is 5.75 Å². The Morgan fingerprint density at radius 2 is 2.09 bits per heavy atom. The van der Waals surface area contributed by atoms with E-state index in [2.05, 4.69) is 15.0 Å². The lowest BCUT2D eigenvalue weighted by Crippen LogP contribution is -1.82. The normalized spacial score (nSPS) is 11.4. The average molecular weight is 349 g/mol. The van der Waals surface area contributed by atoms with E-state index in [4.69, 9.17) is 4.42 Å². The predicted octanol–water partition coefficient (Wildman–Crippen LogP) is 4.85. The van der Waals surface area contributed by atoms with Gasteiger partial charge in [0.15, 0.2) is 16.8 Å². The molecule has 0 radical (unpaired) electrons. The Morgan fingerprint density at radius 3 is 2.91 bits per heavy atom. The number of halogens is 2. The van der Waals surface area contributed by atoms with Crippen molar-refractivity contribution in [3.05, 3.63) is 53.2 Å². The van der Waals surface area contributed by atoms with E-state index in [1.165, 1.54) is 11.8 Å². The topological polar surface area (TPSA) is 54.7 Å². The lowest BCUT2D eigenvalue weighted by atomic mass is 10.3. The number of fused-ring (bicyclic) bond motifs is 1. The first kappa shape index (κ1) is 14.4. The van der Waals surface area contributed by atoms with Gasteiger partial charge in [-0.05, 0) is 11.4 Å². The molecule has 0 aliphatic heterocycles. The fourth-order valence-corrected chi connectivity index (χ4v) is 3.50. The van der Waals surface area contributed by atoms with E-state index in [1.54, 1.807) is 17.6 Å². The Balaban J connectivity index is 1.51. The Labute approximate surface area is 137 Å². The van der Waals surface area contributed by atoms with Crippen LogP contribution in [0.15, 0.2) is 45.5 Å². The summed E-state index contributed by atoms with van der Waals surface area (Å²) >= 11 is 2.95. The molecule has 0 saturated heterocycles. The van der Waals surface area contributed by atoms with Crippen LogP contribution >= 0.6 is 23.1 Å². The number of thiophene rings is 1. The molecule has 4 aromatic rings. The molecule has 3 heterocycles. The van der Waals surface area contributed by atoms with Gasteiger partial charge in [-0.1, -0.05) is 17.8 Å². The standard InChI is InChI=1S/C15H9F2N3OS2/c16-9-4-11-12(5-10(9)17)20-15(19-11)23-7-8-6-21-14(18-8)13-2-1-3-22-13/h1-6H,7H2,(H,19,20). The minimum atomic E-state index is -0.905. The Bertz CT molecular complexity index is 924. The molecule has 0 unspecified atom stereocenters. The smallest absolute Gasteiger partial charge is 0.236 e. The molecule has 1 N–H and O–H groups in total. The van der Waals surface area contributed by atoms with Gasteiger partial charge < -0.3 is 9.40 Å². The van der Waals surface area contributed by atoms with Gasteiger partial charge in [-0.25, -0.2) is 18.7 Å². The van der Waals surface area contributed by atoms with Crippen LogP contribution in [0.25, 0.3) is 21.8 Å². The second-order valence-corrected chi connectivity index (χ2v) is 6.65.